The van der Waals surface area contributed by atoms with Crippen LogP contribution in [-0.4, -0.2) is 22.0 Å². The van der Waals surface area contributed by atoms with Crippen LogP contribution in [0, 0.1) is 6.92 Å². The number of carbonyl (C=O) groups is 1. The van der Waals surface area contributed by atoms with Crippen molar-refractivity contribution in [1.29, 1.82) is 0 Å². The van der Waals surface area contributed by atoms with E-state index in [0.717, 1.165) is 13.0 Å². The average molecular weight is 293 g/mol. The zero-order valence-corrected chi connectivity index (χ0v) is 12.6. The highest BCUT2D eigenvalue weighted by molar-refractivity contribution is 5.92. The van der Waals surface area contributed by atoms with Crippen LogP contribution in [0.4, 0.5) is 0 Å². The first-order valence-electron chi connectivity index (χ1n) is 7.50. The lowest BCUT2D eigenvalue weighted by Gasteiger charge is -2.09. The molecule has 0 radical (unpaired) electrons. The molecule has 1 amide bonds. The second-order valence-corrected chi connectivity index (χ2v) is 5.32. The van der Waals surface area contributed by atoms with Gasteiger partial charge < -0.3 is 9.88 Å². The zero-order chi connectivity index (χ0) is 15.4. The van der Waals surface area contributed by atoms with Gasteiger partial charge >= 0.3 is 0 Å². The monoisotopic (exact) mass is 293 g/mol. The van der Waals surface area contributed by atoms with Crippen molar-refractivity contribution >= 4 is 16.8 Å². The first-order valence-corrected chi connectivity index (χ1v) is 7.50. The molecule has 1 N–H and O–H groups in total. The van der Waals surface area contributed by atoms with Crippen LogP contribution in [-0.2, 0) is 6.54 Å². The van der Waals surface area contributed by atoms with Crippen LogP contribution in [0.1, 0.15) is 22.6 Å². The third kappa shape index (κ3) is 3.01. The van der Waals surface area contributed by atoms with E-state index in [1.54, 1.807) is 18.3 Å². The Balaban J connectivity index is 1.57. The highest BCUT2D eigenvalue weighted by Crippen LogP contribution is 2.19. The average Bonchev–Trinajstić information content (AvgIpc) is 2.88. The number of hydrogen-bond donors (Lipinski definition) is 1. The van der Waals surface area contributed by atoms with Crippen LogP contribution in [0.5, 0.6) is 0 Å². The van der Waals surface area contributed by atoms with Crippen molar-refractivity contribution in [3.63, 3.8) is 0 Å². The lowest BCUT2D eigenvalue weighted by atomic mass is 10.2. The third-order valence-electron chi connectivity index (χ3n) is 3.76. The highest BCUT2D eigenvalue weighted by atomic mass is 16.1. The van der Waals surface area contributed by atoms with Gasteiger partial charge in [-0.25, -0.2) is 0 Å². The van der Waals surface area contributed by atoms with Gasteiger partial charge in [0.2, 0.25) is 0 Å². The summed E-state index contributed by atoms with van der Waals surface area (Å²) in [5.74, 6) is -0.116. The molecule has 1 aromatic carbocycles. The van der Waals surface area contributed by atoms with E-state index >= 15 is 0 Å². The Morgan fingerprint density at radius 1 is 1.18 bits per heavy atom. The summed E-state index contributed by atoms with van der Waals surface area (Å²) in [5, 5.41) is 4.18. The smallest absolute Gasteiger partial charge is 0.269 e. The van der Waals surface area contributed by atoms with Gasteiger partial charge in [0.1, 0.15) is 5.69 Å². The van der Waals surface area contributed by atoms with Gasteiger partial charge in [-0.05, 0) is 43.0 Å². The van der Waals surface area contributed by atoms with Crippen molar-refractivity contribution in [2.24, 2.45) is 0 Å². The minimum Gasteiger partial charge on any atom is -0.351 e. The van der Waals surface area contributed by atoms with Gasteiger partial charge in [0.25, 0.3) is 5.91 Å². The molecule has 0 fully saturated rings. The van der Waals surface area contributed by atoms with Gasteiger partial charge in [0.15, 0.2) is 0 Å². The third-order valence-corrected chi connectivity index (χ3v) is 3.76. The molecule has 4 heteroatoms. The molecule has 0 bridgehead atoms. The van der Waals surface area contributed by atoms with E-state index in [1.807, 2.05) is 6.07 Å². The van der Waals surface area contributed by atoms with Crippen LogP contribution >= 0.6 is 0 Å². The number of aryl methyl sites for hydroxylation is 2. The van der Waals surface area contributed by atoms with Crippen LogP contribution < -0.4 is 5.32 Å². The first-order chi connectivity index (χ1) is 10.8. The van der Waals surface area contributed by atoms with Crippen molar-refractivity contribution in [1.82, 2.24) is 14.9 Å². The van der Waals surface area contributed by atoms with Gasteiger partial charge in [-0.15, -0.1) is 0 Å². The molecule has 3 aromatic rings. The number of benzene rings is 1. The number of para-hydroxylation sites is 1. The number of nitrogens with one attached hydrogen (secondary N) is 1. The lowest BCUT2D eigenvalue weighted by molar-refractivity contribution is 0.0948. The number of nitrogens with zero attached hydrogens (tertiary/aromatic N) is 2. The van der Waals surface area contributed by atoms with Crippen LogP contribution in [0.25, 0.3) is 10.9 Å². The summed E-state index contributed by atoms with van der Waals surface area (Å²) in [7, 11) is 0. The van der Waals surface area contributed by atoms with Gasteiger partial charge in [-0.1, -0.05) is 24.3 Å². The molecule has 0 aliphatic carbocycles. The van der Waals surface area contributed by atoms with Gasteiger partial charge in [0.05, 0.1) is 0 Å². The fourth-order valence-electron chi connectivity index (χ4n) is 2.67. The Bertz CT molecular complexity index is 777. The van der Waals surface area contributed by atoms with Gasteiger partial charge in [-0.2, -0.15) is 0 Å². The minimum atomic E-state index is -0.116. The summed E-state index contributed by atoms with van der Waals surface area (Å²) in [4.78, 5) is 15.9. The van der Waals surface area contributed by atoms with E-state index in [-0.39, 0.29) is 5.91 Å². The predicted molar refractivity (Wildman–Crippen MR) is 87.9 cm³/mol. The molecule has 2 heterocycles. The van der Waals surface area contributed by atoms with Crippen molar-refractivity contribution < 1.29 is 4.79 Å². The second-order valence-electron chi connectivity index (χ2n) is 5.32. The van der Waals surface area contributed by atoms with E-state index in [2.05, 4.69) is 52.1 Å². The second kappa shape index (κ2) is 6.43. The first kappa shape index (κ1) is 14.3. The topological polar surface area (TPSA) is 46.9 Å². The Labute approximate surface area is 129 Å². The predicted octanol–water partition coefficient (Wildman–Crippen LogP) is 3.16. The van der Waals surface area contributed by atoms with Crippen molar-refractivity contribution in [2.75, 3.05) is 6.54 Å². The van der Waals surface area contributed by atoms with E-state index < -0.39 is 0 Å². The van der Waals surface area contributed by atoms with E-state index in [4.69, 9.17) is 0 Å². The number of amides is 1. The normalized spacial score (nSPS) is 10.8. The molecule has 0 saturated heterocycles. The maximum absolute atomic E-state index is 11.9. The summed E-state index contributed by atoms with van der Waals surface area (Å²) in [6, 6.07) is 15.9. The number of aromatic nitrogens is 2. The number of fused-ring (bicyclic) bond motifs is 1. The van der Waals surface area contributed by atoms with Crippen molar-refractivity contribution in [3.8, 4) is 0 Å². The molecule has 22 heavy (non-hydrogen) atoms. The van der Waals surface area contributed by atoms with Crippen molar-refractivity contribution in [3.05, 3.63) is 66.1 Å². The number of carbonyl (C=O) groups excluding carboxylic acids is 1. The number of pyridine rings is 1. The van der Waals surface area contributed by atoms with E-state index in [0.29, 0.717) is 12.2 Å². The SMILES string of the molecule is Cc1cc2ccccc2n1CCCNC(=O)c1ccccn1. The van der Waals surface area contributed by atoms with Crippen LogP contribution in [0.3, 0.4) is 0 Å². The Kier molecular flexibility index (Phi) is 4.19. The Morgan fingerprint density at radius 2 is 2.00 bits per heavy atom. The van der Waals surface area contributed by atoms with Crippen LogP contribution in [0.2, 0.25) is 0 Å². The summed E-state index contributed by atoms with van der Waals surface area (Å²) in [5.41, 5.74) is 2.96. The number of rotatable bonds is 5. The van der Waals surface area contributed by atoms with E-state index in [1.165, 1.54) is 16.6 Å². The molecular weight excluding hydrogens is 274 g/mol. The molecule has 0 atom stereocenters. The fourth-order valence-corrected chi connectivity index (χ4v) is 2.67. The Morgan fingerprint density at radius 3 is 2.82 bits per heavy atom. The molecule has 0 aliphatic rings. The highest BCUT2D eigenvalue weighted by Gasteiger charge is 2.06. The Hall–Kier alpha value is -2.62. The fraction of sp³-hybridized carbons (Fsp3) is 0.222. The standard InChI is InChI=1S/C18H19N3O/c1-14-13-15-7-2-3-9-17(15)21(14)12-6-11-20-18(22)16-8-4-5-10-19-16/h2-5,7-10,13H,6,11-12H2,1H3,(H,20,22). The molecule has 0 saturated carbocycles. The summed E-state index contributed by atoms with van der Waals surface area (Å²) >= 11 is 0. The largest absolute Gasteiger partial charge is 0.351 e. The summed E-state index contributed by atoms with van der Waals surface area (Å²) in [6.45, 7) is 3.65. The quantitative estimate of drug-likeness (QED) is 0.734. The van der Waals surface area contributed by atoms with Crippen LogP contribution in [0.15, 0.2) is 54.7 Å². The lowest BCUT2D eigenvalue weighted by Crippen LogP contribution is -2.26. The molecule has 2 aromatic heterocycles. The zero-order valence-electron chi connectivity index (χ0n) is 12.6. The van der Waals surface area contributed by atoms with Crippen molar-refractivity contribution in [2.45, 2.75) is 19.9 Å². The molecule has 4 nitrogen and oxygen atoms in total. The molecule has 0 spiro atoms. The van der Waals surface area contributed by atoms with Gasteiger partial charge in [0, 0.05) is 30.5 Å². The van der Waals surface area contributed by atoms with Gasteiger partial charge in [-0.3, -0.25) is 9.78 Å². The molecular formula is C18H19N3O. The molecule has 0 aliphatic heterocycles. The number of hydrogen-bond acceptors (Lipinski definition) is 2. The molecule has 112 valence electrons. The minimum absolute atomic E-state index is 0.116. The molecule has 0 unspecified atom stereocenters. The summed E-state index contributed by atoms with van der Waals surface area (Å²) < 4.78 is 2.29. The summed E-state index contributed by atoms with van der Waals surface area (Å²) in [6.07, 6.45) is 2.52. The maximum atomic E-state index is 11.9. The van der Waals surface area contributed by atoms with E-state index in [9.17, 15) is 4.79 Å². The maximum Gasteiger partial charge on any atom is 0.269 e. The molecule has 3 rings (SSSR count).